The van der Waals surface area contributed by atoms with Crippen LogP contribution in [0.25, 0.3) is 50.5 Å². The summed E-state index contributed by atoms with van der Waals surface area (Å²) >= 11 is 0. The number of rotatable bonds is 3. The second-order valence-electron chi connectivity index (χ2n) is 10.3. The molecular weight excluding hydrogens is 468 g/mol. The van der Waals surface area contributed by atoms with Crippen LogP contribution in [-0.4, -0.2) is 25.6 Å². The lowest BCUT2D eigenvalue weighted by Crippen LogP contribution is -2.22. The van der Waals surface area contributed by atoms with Gasteiger partial charge in [0, 0.05) is 33.4 Å². The second kappa shape index (κ2) is 8.52. The van der Waals surface area contributed by atoms with E-state index in [0.717, 1.165) is 34.3 Å². The molecule has 2 atom stereocenters. The zero-order chi connectivity index (χ0) is 25.1. The highest BCUT2D eigenvalue weighted by Crippen LogP contribution is 2.48. The van der Waals surface area contributed by atoms with E-state index in [4.69, 9.17) is 19.7 Å². The van der Waals surface area contributed by atoms with Crippen LogP contribution in [0.4, 0.5) is 0 Å². The van der Waals surface area contributed by atoms with Crippen molar-refractivity contribution in [2.75, 3.05) is 0 Å². The van der Waals surface area contributed by atoms with E-state index in [1.54, 1.807) is 0 Å². The Labute approximate surface area is 220 Å². The van der Waals surface area contributed by atoms with Crippen LogP contribution in [0.5, 0.6) is 5.75 Å². The highest BCUT2D eigenvalue weighted by molar-refractivity contribution is 6.10. The number of benzene rings is 4. The number of fused-ring (bicyclic) bond motifs is 6. The van der Waals surface area contributed by atoms with Crippen LogP contribution >= 0.6 is 0 Å². The average molecular weight is 495 g/mol. The Balaban J connectivity index is 1.42. The third-order valence-corrected chi connectivity index (χ3v) is 8.07. The minimum atomic E-state index is 0.302. The topological polar surface area (TPSA) is 52.8 Å². The molecular formula is C33H26N4O. The minimum absolute atomic E-state index is 0.302. The van der Waals surface area contributed by atoms with Gasteiger partial charge in [-0.3, -0.25) is 4.57 Å². The van der Waals surface area contributed by atoms with Gasteiger partial charge in [-0.15, -0.1) is 0 Å². The Morgan fingerprint density at radius 2 is 1.29 bits per heavy atom. The van der Waals surface area contributed by atoms with Crippen molar-refractivity contribution in [3.63, 3.8) is 0 Å². The molecule has 184 valence electrons. The first-order valence-corrected chi connectivity index (χ1v) is 13.4. The van der Waals surface area contributed by atoms with Gasteiger partial charge >= 0.3 is 0 Å². The van der Waals surface area contributed by atoms with Crippen LogP contribution < -0.4 is 4.74 Å². The molecule has 2 aromatic heterocycles. The second-order valence-corrected chi connectivity index (χ2v) is 10.3. The molecule has 1 unspecified atom stereocenters. The molecule has 0 radical (unpaired) electrons. The molecule has 1 fully saturated rings. The van der Waals surface area contributed by atoms with Crippen LogP contribution in [0.15, 0.2) is 97.1 Å². The van der Waals surface area contributed by atoms with E-state index < -0.39 is 0 Å². The normalized spacial score (nSPS) is 18.3. The number of ether oxygens (including phenoxy) is 1. The molecule has 1 aliphatic heterocycles. The first-order chi connectivity index (χ1) is 18.8. The lowest BCUT2D eigenvalue weighted by molar-refractivity contribution is 0.164. The van der Waals surface area contributed by atoms with Crippen LogP contribution in [0.1, 0.15) is 37.2 Å². The van der Waals surface area contributed by atoms with E-state index in [9.17, 15) is 0 Å². The fourth-order valence-corrected chi connectivity index (χ4v) is 6.27. The van der Waals surface area contributed by atoms with Gasteiger partial charge in [0.1, 0.15) is 11.9 Å². The van der Waals surface area contributed by atoms with Gasteiger partial charge in [-0.25, -0.2) is 4.98 Å². The van der Waals surface area contributed by atoms with Gasteiger partial charge in [-0.05, 0) is 37.5 Å². The molecule has 5 nitrogen and oxygen atoms in total. The summed E-state index contributed by atoms with van der Waals surface area (Å²) in [6.07, 6.45) is 5.14. The van der Waals surface area contributed by atoms with Crippen molar-refractivity contribution in [3.05, 3.63) is 103 Å². The molecule has 2 aliphatic rings. The molecule has 1 aliphatic carbocycles. The smallest absolute Gasteiger partial charge is 0.238 e. The van der Waals surface area contributed by atoms with Gasteiger partial charge in [0.2, 0.25) is 5.95 Å². The highest BCUT2D eigenvalue weighted by Gasteiger charge is 2.37. The fourth-order valence-electron chi connectivity index (χ4n) is 6.27. The molecule has 5 heteroatoms. The maximum Gasteiger partial charge on any atom is 0.238 e. The molecule has 0 bridgehead atoms. The molecule has 0 saturated heterocycles. The number of aromatic nitrogens is 4. The van der Waals surface area contributed by atoms with Gasteiger partial charge in [-0.1, -0.05) is 85.3 Å². The molecule has 6 aromatic rings. The molecule has 0 N–H and O–H groups in total. The van der Waals surface area contributed by atoms with Crippen LogP contribution in [-0.2, 0) is 0 Å². The van der Waals surface area contributed by atoms with Crippen molar-refractivity contribution in [1.82, 2.24) is 19.5 Å². The van der Waals surface area contributed by atoms with Crippen molar-refractivity contribution in [2.45, 2.75) is 37.7 Å². The first kappa shape index (κ1) is 21.6. The summed E-state index contributed by atoms with van der Waals surface area (Å²) in [5.74, 6) is 3.47. The Morgan fingerprint density at radius 1 is 0.632 bits per heavy atom. The molecule has 1 saturated carbocycles. The molecule has 38 heavy (non-hydrogen) atoms. The predicted molar refractivity (Wildman–Crippen MR) is 151 cm³/mol. The summed E-state index contributed by atoms with van der Waals surface area (Å²) in [6.45, 7) is 0. The zero-order valence-electron chi connectivity index (χ0n) is 20.9. The third kappa shape index (κ3) is 3.35. The van der Waals surface area contributed by atoms with Crippen molar-refractivity contribution in [1.29, 1.82) is 0 Å². The molecule has 8 rings (SSSR count). The van der Waals surface area contributed by atoms with Crippen molar-refractivity contribution in [2.24, 2.45) is 0 Å². The van der Waals surface area contributed by atoms with Gasteiger partial charge in [0.15, 0.2) is 11.6 Å². The SMILES string of the molecule is c1ccc(-c2nc(-c3ccccc3)nc(-n3c4ccccc4c4cc5c(cc43)[C@H]3CCCCC3O5)n2)cc1. The molecule has 0 spiro atoms. The lowest BCUT2D eigenvalue weighted by Gasteiger charge is -2.23. The molecule has 3 heterocycles. The summed E-state index contributed by atoms with van der Waals surface area (Å²) < 4.78 is 8.70. The van der Waals surface area contributed by atoms with Gasteiger partial charge in [0.05, 0.1) is 11.0 Å². The van der Waals surface area contributed by atoms with Crippen molar-refractivity contribution >= 4 is 21.8 Å². The van der Waals surface area contributed by atoms with E-state index >= 15 is 0 Å². The summed E-state index contributed by atoms with van der Waals surface area (Å²) in [5, 5.41) is 2.34. The average Bonchev–Trinajstić information content (AvgIpc) is 3.51. The summed E-state index contributed by atoms with van der Waals surface area (Å²) in [4.78, 5) is 15.0. The maximum atomic E-state index is 6.49. The number of hydrogen-bond acceptors (Lipinski definition) is 4. The summed E-state index contributed by atoms with van der Waals surface area (Å²) in [5.41, 5.74) is 5.45. The first-order valence-electron chi connectivity index (χ1n) is 13.4. The molecule has 4 aromatic carbocycles. The van der Waals surface area contributed by atoms with Crippen molar-refractivity contribution < 1.29 is 4.74 Å². The fraction of sp³-hybridized carbons (Fsp3) is 0.182. The van der Waals surface area contributed by atoms with Crippen LogP contribution in [0.2, 0.25) is 0 Å². The highest BCUT2D eigenvalue weighted by atomic mass is 16.5. The zero-order valence-corrected chi connectivity index (χ0v) is 20.9. The monoisotopic (exact) mass is 494 g/mol. The standard InChI is InChI=1S/C33H26N4O/c1-3-11-21(12-4-1)31-34-32(22-13-5-2-6-14-22)36-33(35-31)37-27-17-9-7-15-23(27)25-20-30-26(19-28(25)37)24-16-8-10-18-29(24)38-30/h1-7,9,11-15,17,19-20,24,29H,8,10,16,18H2/t24-,29?/m1/s1. The van der Waals surface area contributed by atoms with E-state index in [1.165, 1.54) is 35.6 Å². The predicted octanol–water partition coefficient (Wildman–Crippen LogP) is 7.72. The summed E-state index contributed by atoms with van der Waals surface area (Å²) in [7, 11) is 0. The van der Waals surface area contributed by atoms with Crippen LogP contribution in [0, 0.1) is 0 Å². The van der Waals surface area contributed by atoms with E-state index in [1.807, 2.05) is 60.7 Å². The van der Waals surface area contributed by atoms with E-state index in [2.05, 4.69) is 41.0 Å². The van der Waals surface area contributed by atoms with Gasteiger partial charge in [-0.2, -0.15) is 9.97 Å². The third-order valence-electron chi connectivity index (χ3n) is 8.07. The van der Waals surface area contributed by atoms with Gasteiger partial charge in [0.25, 0.3) is 0 Å². The Hall–Kier alpha value is -4.51. The van der Waals surface area contributed by atoms with Crippen LogP contribution in [0.3, 0.4) is 0 Å². The largest absolute Gasteiger partial charge is 0.489 e. The Bertz CT molecular complexity index is 1750. The van der Waals surface area contributed by atoms with E-state index in [0.29, 0.717) is 29.6 Å². The lowest BCUT2D eigenvalue weighted by atomic mass is 9.83. The number of hydrogen-bond donors (Lipinski definition) is 0. The molecule has 0 amide bonds. The van der Waals surface area contributed by atoms with E-state index in [-0.39, 0.29) is 0 Å². The quantitative estimate of drug-likeness (QED) is 0.253. The Morgan fingerprint density at radius 3 is 2.03 bits per heavy atom. The maximum absolute atomic E-state index is 6.49. The Kier molecular flexibility index (Phi) is 4.84. The summed E-state index contributed by atoms with van der Waals surface area (Å²) in [6, 6.07) is 33.4. The number of para-hydroxylation sites is 1. The van der Waals surface area contributed by atoms with Crippen molar-refractivity contribution in [3.8, 4) is 34.5 Å². The van der Waals surface area contributed by atoms with Gasteiger partial charge < -0.3 is 4.74 Å². The number of nitrogens with zero attached hydrogens (tertiary/aromatic N) is 4. The minimum Gasteiger partial charge on any atom is -0.489 e.